The van der Waals surface area contributed by atoms with Gasteiger partial charge in [0.15, 0.2) is 18.7 Å². The fourth-order valence-electron chi connectivity index (χ4n) is 9.23. The molecule has 1 aromatic rings. The monoisotopic (exact) mass is 853 g/mol. The van der Waals surface area contributed by atoms with Gasteiger partial charge in [0.05, 0.1) is 59.9 Å². The van der Waals surface area contributed by atoms with Crippen LogP contribution < -0.4 is 0 Å². The summed E-state index contributed by atoms with van der Waals surface area (Å²) in [5.74, 6) is -5.54. The van der Waals surface area contributed by atoms with E-state index in [2.05, 4.69) is 0 Å². The minimum Gasteiger partial charge on any atom is -0.465 e. The molecule has 60 heavy (non-hydrogen) atoms. The largest absolute Gasteiger partial charge is 0.465 e. The molecule has 16 heteroatoms. The van der Waals surface area contributed by atoms with Crippen LogP contribution in [0.3, 0.4) is 0 Å². The van der Waals surface area contributed by atoms with Crippen molar-refractivity contribution in [3.8, 4) is 0 Å². The van der Waals surface area contributed by atoms with Crippen molar-refractivity contribution < 1.29 is 72.4 Å². The number of aliphatic hydroxyl groups excluding tert-OH is 2. The zero-order valence-electron chi connectivity index (χ0n) is 37.6. The molecule has 18 atom stereocenters. The predicted octanol–water partition coefficient (Wildman–Crippen LogP) is 3.64. The lowest BCUT2D eigenvalue weighted by molar-refractivity contribution is -0.318. The van der Waals surface area contributed by atoms with Crippen molar-refractivity contribution in [2.75, 3.05) is 21.2 Å². The van der Waals surface area contributed by atoms with Crippen LogP contribution in [0.4, 0.5) is 0 Å². The Morgan fingerprint density at radius 1 is 0.950 bits per heavy atom. The Morgan fingerprint density at radius 3 is 2.20 bits per heavy atom. The third-order valence-corrected chi connectivity index (χ3v) is 13.0. The highest BCUT2D eigenvalue weighted by Gasteiger charge is 2.54. The van der Waals surface area contributed by atoms with Gasteiger partial charge in [-0.05, 0) is 93.1 Å². The summed E-state index contributed by atoms with van der Waals surface area (Å²) in [6.07, 6.45) is -6.18. The molecule has 18 unspecified atom stereocenters. The van der Waals surface area contributed by atoms with Gasteiger partial charge < -0.3 is 62.9 Å². The molecular weight excluding hydrogens is 782 g/mol. The van der Waals surface area contributed by atoms with Crippen LogP contribution in [-0.2, 0) is 47.5 Å². The van der Waals surface area contributed by atoms with Crippen molar-refractivity contribution in [1.29, 1.82) is 0 Å². The maximum atomic E-state index is 14.3. The highest BCUT2D eigenvalue weighted by Crippen LogP contribution is 2.41. The predicted molar refractivity (Wildman–Crippen MR) is 218 cm³/mol. The topological polar surface area (TPSA) is 213 Å². The lowest BCUT2D eigenvalue weighted by atomic mass is 9.74. The number of Topliss-reactive ketones (excluding diaryl/α,β-unsaturated/α-hetero) is 1. The zero-order chi connectivity index (χ0) is 45.1. The number of carbonyl (C=O) groups excluding carboxylic acids is 3. The maximum absolute atomic E-state index is 14.3. The molecular formula is C44H71NO15. The number of ketones is 1. The number of rotatable bonds is 10. The quantitative estimate of drug-likeness (QED) is 0.195. The van der Waals surface area contributed by atoms with Gasteiger partial charge >= 0.3 is 11.9 Å². The standard InChI is InChI=1S/C44H71NO15/c1-14-31-44(10,52)37(48)25(4)34(47)23(2)21-42(8,51)39(26(5)35(27(6)40(50)57-31)59-33-22-43(9,53-13)38(49)28(7)56-33)60-41-36(30(45(11)12)20-24(3)55-41)58-32(46)18-17-29-16-15-19-54-29/h15-19,23-28,30-31,33,35-39,41,48-49,51-52H,14,20-22H2,1-13H3/b18-17+. The van der Waals surface area contributed by atoms with Crippen LogP contribution in [0.1, 0.15) is 101 Å². The molecule has 342 valence electrons. The van der Waals surface area contributed by atoms with Gasteiger partial charge in [0.2, 0.25) is 0 Å². The summed E-state index contributed by atoms with van der Waals surface area (Å²) in [5.41, 5.74) is -5.01. The van der Waals surface area contributed by atoms with Crippen molar-refractivity contribution in [2.24, 2.45) is 23.7 Å². The molecule has 0 aromatic carbocycles. The van der Waals surface area contributed by atoms with Gasteiger partial charge in [0.25, 0.3) is 0 Å². The van der Waals surface area contributed by atoms with Crippen LogP contribution in [0.15, 0.2) is 28.9 Å². The summed E-state index contributed by atoms with van der Waals surface area (Å²) >= 11 is 0. The Labute approximate surface area is 354 Å². The fraction of sp³-hybridized carbons (Fsp3) is 0.795. The molecule has 0 bridgehead atoms. The molecule has 1 aromatic heterocycles. The molecule has 0 spiro atoms. The summed E-state index contributed by atoms with van der Waals surface area (Å²) in [5, 5.41) is 46.9. The lowest BCUT2D eigenvalue weighted by Gasteiger charge is -2.49. The summed E-state index contributed by atoms with van der Waals surface area (Å²) in [7, 11) is 5.16. The Kier molecular flexibility index (Phi) is 16.8. The lowest BCUT2D eigenvalue weighted by Crippen LogP contribution is -2.61. The maximum Gasteiger partial charge on any atom is 0.331 e. The SMILES string of the molecule is CCC1OC(=O)C(C)C(OC2CC(C)(OC)C(O)C(C)O2)C(C)C(OC2OC(C)CC(N(C)C)C2OC(=O)/C=C/c2ccco2)C(C)(O)CC(C)C(=O)C(C)C(O)C1(C)O. The minimum absolute atomic E-state index is 0.0567. The molecule has 3 aliphatic rings. The highest BCUT2D eigenvalue weighted by atomic mass is 16.7. The van der Waals surface area contributed by atoms with Crippen molar-refractivity contribution in [2.45, 2.75) is 179 Å². The third-order valence-electron chi connectivity index (χ3n) is 13.0. The molecule has 0 amide bonds. The van der Waals surface area contributed by atoms with Crippen molar-refractivity contribution in [3.63, 3.8) is 0 Å². The molecule has 3 fully saturated rings. The molecule has 0 saturated carbocycles. The van der Waals surface area contributed by atoms with Crippen LogP contribution in [0.2, 0.25) is 0 Å². The number of methoxy groups -OCH3 is 1. The first-order valence-electron chi connectivity index (χ1n) is 21.2. The second kappa shape index (κ2) is 20.2. The number of likely N-dealkylation sites (N-methyl/N-ethyl adjacent to an activating group) is 1. The smallest absolute Gasteiger partial charge is 0.331 e. The number of hydrogen-bond acceptors (Lipinski definition) is 16. The molecule has 3 aliphatic heterocycles. The second-order valence-electron chi connectivity index (χ2n) is 18.2. The van der Waals surface area contributed by atoms with E-state index in [9.17, 15) is 34.8 Å². The summed E-state index contributed by atoms with van der Waals surface area (Å²) in [6.45, 7) is 16.2. The molecule has 4 rings (SSSR count). The molecule has 4 heterocycles. The third kappa shape index (κ3) is 11.2. The number of carbonyl (C=O) groups is 3. The Bertz CT molecular complexity index is 1600. The van der Waals surface area contributed by atoms with Crippen molar-refractivity contribution >= 4 is 23.8 Å². The van der Waals surface area contributed by atoms with Gasteiger partial charge in [-0.2, -0.15) is 0 Å². The van der Waals surface area contributed by atoms with Crippen molar-refractivity contribution in [3.05, 3.63) is 30.2 Å². The highest BCUT2D eigenvalue weighted by molar-refractivity contribution is 5.86. The van der Waals surface area contributed by atoms with Gasteiger partial charge in [0, 0.05) is 37.4 Å². The van der Waals surface area contributed by atoms with Gasteiger partial charge in [-0.25, -0.2) is 4.79 Å². The first-order chi connectivity index (χ1) is 27.9. The summed E-state index contributed by atoms with van der Waals surface area (Å²) in [4.78, 5) is 43.6. The average molecular weight is 854 g/mol. The average Bonchev–Trinajstić information content (AvgIpc) is 3.71. The van der Waals surface area contributed by atoms with Gasteiger partial charge in [-0.15, -0.1) is 0 Å². The molecule has 0 radical (unpaired) electrons. The van der Waals surface area contributed by atoms with E-state index in [1.54, 1.807) is 53.7 Å². The van der Waals surface area contributed by atoms with Crippen LogP contribution in [-0.4, -0.2) is 149 Å². The Morgan fingerprint density at radius 2 is 1.62 bits per heavy atom. The summed E-state index contributed by atoms with van der Waals surface area (Å²) < 4.78 is 49.3. The van der Waals surface area contributed by atoms with E-state index in [0.29, 0.717) is 12.2 Å². The molecule has 3 saturated heterocycles. The second-order valence-corrected chi connectivity index (χ2v) is 18.2. The van der Waals surface area contributed by atoms with Gasteiger partial charge in [0.1, 0.15) is 29.4 Å². The number of esters is 2. The van der Waals surface area contributed by atoms with Crippen molar-refractivity contribution in [1.82, 2.24) is 4.90 Å². The molecule has 4 N–H and O–H groups in total. The van der Waals surface area contributed by atoms with E-state index in [0.717, 1.165) is 0 Å². The van der Waals surface area contributed by atoms with E-state index in [4.69, 9.17) is 37.6 Å². The summed E-state index contributed by atoms with van der Waals surface area (Å²) in [6, 6.07) is 2.97. The van der Waals surface area contributed by atoms with E-state index >= 15 is 0 Å². The van der Waals surface area contributed by atoms with Crippen LogP contribution in [0.5, 0.6) is 0 Å². The fourth-order valence-corrected chi connectivity index (χ4v) is 9.23. The normalized spacial score (nSPS) is 44.1. The van der Waals surface area contributed by atoms with Crippen LogP contribution >= 0.6 is 0 Å². The molecule has 16 nitrogen and oxygen atoms in total. The van der Waals surface area contributed by atoms with Gasteiger partial charge in [-0.1, -0.05) is 27.7 Å². The van der Waals surface area contributed by atoms with E-state index in [1.807, 2.05) is 25.9 Å². The van der Waals surface area contributed by atoms with Gasteiger partial charge in [-0.3, -0.25) is 9.59 Å². The van der Waals surface area contributed by atoms with E-state index < -0.39 is 126 Å². The number of furan rings is 1. The van der Waals surface area contributed by atoms with Crippen LogP contribution in [0, 0.1) is 23.7 Å². The zero-order valence-corrected chi connectivity index (χ0v) is 37.6. The Hall–Kier alpha value is -2.77. The first kappa shape index (κ1) is 49.9. The Balaban J connectivity index is 1.85. The number of cyclic esters (lactones) is 1. The number of hydrogen-bond donors (Lipinski definition) is 4. The van der Waals surface area contributed by atoms with Crippen LogP contribution in [0.25, 0.3) is 6.08 Å². The molecule has 0 aliphatic carbocycles. The number of aliphatic hydroxyl groups is 4. The number of nitrogens with zero attached hydrogens (tertiary/aromatic N) is 1. The first-order valence-corrected chi connectivity index (χ1v) is 21.2. The van der Waals surface area contributed by atoms with E-state index in [-0.39, 0.29) is 19.3 Å². The van der Waals surface area contributed by atoms with E-state index in [1.165, 1.54) is 46.3 Å². The minimum atomic E-state index is -2.03. The number of ether oxygens (including phenoxy) is 7.